The minimum atomic E-state index is -0.157. The lowest BCUT2D eigenvalue weighted by Crippen LogP contribution is -2.20. The van der Waals surface area contributed by atoms with Crippen molar-refractivity contribution in [1.82, 2.24) is 24.5 Å². The predicted octanol–water partition coefficient (Wildman–Crippen LogP) is 2.61. The molecular weight excluding hydrogens is 330 g/mol. The summed E-state index contributed by atoms with van der Waals surface area (Å²) in [5.41, 5.74) is 5.07. The maximum atomic E-state index is 12.4. The molecule has 0 atom stereocenters. The summed E-state index contributed by atoms with van der Waals surface area (Å²) in [6, 6.07) is 6.04. The van der Waals surface area contributed by atoms with E-state index < -0.39 is 0 Å². The lowest BCUT2D eigenvalue weighted by atomic mass is 10.1. The van der Waals surface area contributed by atoms with Crippen molar-refractivity contribution in [2.45, 2.75) is 13.0 Å². The number of H-pyrrole nitrogens is 2. The molecule has 26 heavy (non-hydrogen) atoms. The number of nitrogens with zero attached hydrogens (tertiary/aromatic N) is 3. The van der Waals surface area contributed by atoms with Crippen molar-refractivity contribution in [3.63, 3.8) is 0 Å². The Hall–Kier alpha value is -3.19. The average molecular weight is 347 g/mol. The van der Waals surface area contributed by atoms with Gasteiger partial charge in [0.05, 0.1) is 25.3 Å². The number of imidazole rings is 1. The van der Waals surface area contributed by atoms with Crippen molar-refractivity contribution in [3.8, 4) is 11.1 Å². The molecule has 0 saturated carbocycles. The van der Waals surface area contributed by atoms with Crippen LogP contribution in [0.2, 0.25) is 0 Å². The zero-order valence-corrected chi connectivity index (χ0v) is 14.0. The van der Waals surface area contributed by atoms with Crippen LogP contribution in [0.15, 0.2) is 53.2 Å². The van der Waals surface area contributed by atoms with Gasteiger partial charge in [0.15, 0.2) is 5.65 Å². The highest BCUT2D eigenvalue weighted by Crippen LogP contribution is 2.24. The first kappa shape index (κ1) is 15.1. The Morgan fingerprint density at radius 3 is 2.85 bits per heavy atom. The summed E-state index contributed by atoms with van der Waals surface area (Å²) in [6.45, 7) is 1.83. The third-order valence-electron chi connectivity index (χ3n) is 4.71. The molecule has 4 aromatic heterocycles. The molecule has 0 spiro atoms. The number of rotatable bonds is 3. The van der Waals surface area contributed by atoms with Gasteiger partial charge >= 0.3 is 5.69 Å². The van der Waals surface area contributed by atoms with E-state index >= 15 is 0 Å². The minimum Gasteiger partial charge on any atom is -0.377 e. The Morgan fingerprint density at radius 2 is 2.00 bits per heavy atom. The second-order valence-corrected chi connectivity index (χ2v) is 6.45. The van der Waals surface area contributed by atoms with Gasteiger partial charge in [-0.25, -0.2) is 14.8 Å². The van der Waals surface area contributed by atoms with Gasteiger partial charge in [-0.3, -0.25) is 9.55 Å². The maximum absolute atomic E-state index is 12.4. The van der Waals surface area contributed by atoms with Crippen molar-refractivity contribution in [2.24, 2.45) is 0 Å². The van der Waals surface area contributed by atoms with Crippen molar-refractivity contribution < 1.29 is 4.74 Å². The van der Waals surface area contributed by atoms with Crippen LogP contribution in [0.25, 0.3) is 33.3 Å². The topological polar surface area (TPSA) is 88.6 Å². The molecule has 0 unspecified atom stereocenters. The number of aromatic amines is 2. The second kappa shape index (κ2) is 5.96. The summed E-state index contributed by atoms with van der Waals surface area (Å²) >= 11 is 0. The molecule has 1 aliphatic heterocycles. The van der Waals surface area contributed by atoms with Crippen LogP contribution in [0.5, 0.6) is 0 Å². The van der Waals surface area contributed by atoms with Crippen molar-refractivity contribution in [1.29, 1.82) is 0 Å². The highest BCUT2D eigenvalue weighted by atomic mass is 16.5. The van der Waals surface area contributed by atoms with E-state index in [1.165, 1.54) is 0 Å². The Labute approximate surface area is 148 Å². The summed E-state index contributed by atoms with van der Waals surface area (Å²) < 4.78 is 7.21. The molecular formula is C19H17N5O2. The standard InChI is InChI=1S/C19H17N5O2/c25-19-23-18-16(24(19)10-12-2-1-5-26-11-12)7-15(9-22-18)14-6-13-3-4-20-17(13)21-8-14/h2-4,6-9H,1,5,10-11H2,(H,20,21)(H,22,23,25). The molecule has 7 heteroatoms. The number of hydrogen-bond donors (Lipinski definition) is 2. The molecule has 0 amide bonds. The summed E-state index contributed by atoms with van der Waals surface area (Å²) in [5, 5.41) is 1.04. The molecule has 0 aromatic carbocycles. The summed E-state index contributed by atoms with van der Waals surface area (Å²) in [6.07, 6.45) is 8.48. The minimum absolute atomic E-state index is 0.157. The van der Waals surface area contributed by atoms with E-state index in [9.17, 15) is 4.79 Å². The molecule has 5 rings (SSSR count). The summed E-state index contributed by atoms with van der Waals surface area (Å²) in [4.78, 5) is 27.2. The van der Waals surface area contributed by atoms with Crippen LogP contribution in [0.4, 0.5) is 0 Å². The van der Waals surface area contributed by atoms with Crippen LogP contribution in [0.3, 0.4) is 0 Å². The lowest BCUT2D eigenvalue weighted by Gasteiger charge is -2.14. The number of nitrogens with one attached hydrogen (secondary N) is 2. The van der Waals surface area contributed by atoms with Gasteiger partial charge in [0, 0.05) is 35.1 Å². The van der Waals surface area contributed by atoms with Gasteiger partial charge in [-0.2, -0.15) is 0 Å². The average Bonchev–Trinajstić information content (AvgIpc) is 3.26. The largest absolute Gasteiger partial charge is 0.377 e. The highest BCUT2D eigenvalue weighted by molar-refractivity contribution is 5.84. The number of hydrogen-bond acceptors (Lipinski definition) is 4. The van der Waals surface area contributed by atoms with E-state index in [2.05, 4.69) is 32.1 Å². The Morgan fingerprint density at radius 1 is 1.15 bits per heavy atom. The third kappa shape index (κ3) is 2.53. The molecule has 0 saturated heterocycles. The smallest absolute Gasteiger partial charge is 0.327 e. The van der Waals surface area contributed by atoms with Gasteiger partial charge < -0.3 is 9.72 Å². The molecule has 0 bridgehead atoms. The first-order valence-corrected chi connectivity index (χ1v) is 8.56. The maximum Gasteiger partial charge on any atom is 0.327 e. The number of fused-ring (bicyclic) bond motifs is 2. The van der Waals surface area contributed by atoms with E-state index in [-0.39, 0.29) is 5.69 Å². The normalized spacial score (nSPS) is 14.8. The molecule has 0 fully saturated rings. The van der Waals surface area contributed by atoms with Gasteiger partial charge in [0.2, 0.25) is 0 Å². The molecule has 0 aliphatic carbocycles. The van der Waals surface area contributed by atoms with Gasteiger partial charge in [0.1, 0.15) is 5.65 Å². The van der Waals surface area contributed by atoms with E-state index in [4.69, 9.17) is 4.74 Å². The molecule has 2 N–H and O–H groups in total. The monoisotopic (exact) mass is 347 g/mol. The molecule has 4 aromatic rings. The van der Waals surface area contributed by atoms with Gasteiger partial charge in [-0.1, -0.05) is 6.08 Å². The van der Waals surface area contributed by atoms with Gasteiger partial charge in [-0.05, 0) is 30.2 Å². The molecule has 5 heterocycles. The van der Waals surface area contributed by atoms with E-state index in [1.807, 2.05) is 24.5 Å². The first-order chi connectivity index (χ1) is 12.8. The Balaban J connectivity index is 1.60. The fourth-order valence-electron chi connectivity index (χ4n) is 3.37. The van der Waals surface area contributed by atoms with E-state index in [1.54, 1.807) is 10.8 Å². The quantitative estimate of drug-likeness (QED) is 0.558. The zero-order chi connectivity index (χ0) is 17.5. The third-order valence-corrected chi connectivity index (χ3v) is 4.71. The predicted molar refractivity (Wildman–Crippen MR) is 99.0 cm³/mol. The van der Waals surface area contributed by atoms with Crippen LogP contribution in [-0.4, -0.2) is 37.7 Å². The van der Waals surface area contributed by atoms with Crippen LogP contribution >= 0.6 is 0 Å². The van der Waals surface area contributed by atoms with Crippen LogP contribution in [-0.2, 0) is 11.3 Å². The molecule has 0 radical (unpaired) electrons. The van der Waals surface area contributed by atoms with Crippen LogP contribution in [0.1, 0.15) is 6.42 Å². The zero-order valence-electron chi connectivity index (χ0n) is 14.0. The SMILES string of the molecule is O=c1[nH]c2ncc(-c3cnc4[nH]ccc4c3)cc2n1CC1=CCCOC1. The molecule has 130 valence electrons. The first-order valence-electron chi connectivity index (χ1n) is 8.56. The number of aromatic nitrogens is 5. The summed E-state index contributed by atoms with van der Waals surface area (Å²) in [5.74, 6) is 0. The Bertz CT molecular complexity index is 1200. The lowest BCUT2D eigenvalue weighted by molar-refractivity contribution is 0.147. The fraction of sp³-hybridized carbons (Fsp3) is 0.211. The van der Waals surface area contributed by atoms with Crippen molar-refractivity contribution in [3.05, 3.63) is 58.9 Å². The second-order valence-electron chi connectivity index (χ2n) is 6.45. The van der Waals surface area contributed by atoms with Gasteiger partial charge in [-0.15, -0.1) is 0 Å². The molecule has 7 nitrogen and oxygen atoms in total. The van der Waals surface area contributed by atoms with E-state index in [0.29, 0.717) is 18.8 Å². The van der Waals surface area contributed by atoms with Crippen molar-refractivity contribution >= 4 is 22.2 Å². The van der Waals surface area contributed by atoms with Crippen LogP contribution < -0.4 is 5.69 Å². The fourth-order valence-corrected chi connectivity index (χ4v) is 3.37. The van der Waals surface area contributed by atoms with Crippen molar-refractivity contribution in [2.75, 3.05) is 13.2 Å². The summed E-state index contributed by atoms with van der Waals surface area (Å²) in [7, 11) is 0. The van der Waals surface area contributed by atoms with Gasteiger partial charge in [0.25, 0.3) is 0 Å². The van der Waals surface area contributed by atoms with E-state index in [0.717, 1.165) is 46.3 Å². The van der Waals surface area contributed by atoms with Crippen LogP contribution in [0, 0.1) is 0 Å². The number of pyridine rings is 2. The molecule has 1 aliphatic rings. The number of ether oxygens (including phenoxy) is 1. The highest BCUT2D eigenvalue weighted by Gasteiger charge is 2.13. The Kier molecular flexibility index (Phi) is 3.46.